The molecule has 2 amide bonds. The van der Waals surface area contributed by atoms with Crippen LogP contribution >= 0.6 is 0 Å². The lowest BCUT2D eigenvalue weighted by molar-refractivity contribution is -0.127. The average Bonchev–Trinajstić information content (AvgIpc) is 2.98. The van der Waals surface area contributed by atoms with Gasteiger partial charge in [0.15, 0.2) is 0 Å². The van der Waals surface area contributed by atoms with Gasteiger partial charge in [0.2, 0.25) is 6.41 Å². The predicted octanol–water partition coefficient (Wildman–Crippen LogP) is 0.916. The van der Waals surface area contributed by atoms with Gasteiger partial charge in [0, 0.05) is 27.7 Å². The van der Waals surface area contributed by atoms with E-state index in [9.17, 15) is 14.7 Å². The number of amides is 2. The van der Waals surface area contributed by atoms with Crippen molar-refractivity contribution in [2.24, 2.45) is 0 Å². The summed E-state index contributed by atoms with van der Waals surface area (Å²) in [5.41, 5.74) is -0.0775. The highest BCUT2D eigenvalue weighted by atomic mass is 16.3. The molecule has 138 valence electrons. The van der Waals surface area contributed by atoms with E-state index in [0.29, 0.717) is 31.1 Å². The number of unbranched alkanes of at least 4 members (excludes halogenated alkanes) is 1. The molecule has 1 heterocycles. The monoisotopic (exact) mass is 340 g/mol. The van der Waals surface area contributed by atoms with E-state index in [4.69, 9.17) is 0 Å². The fourth-order valence-electron chi connectivity index (χ4n) is 2.83. The van der Waals surface area contributed by atoms with Gasteiger partial charge in [0.25, 0.3) is 5.91 Å². The van der Waals surface area contributed by atoms with Gasteiger partial charge in [0.1, 0.15) is 11.5 Å². The molecule has 0 spiro atoms. The highest BCUT2D eigenvalue weighted by molar-refractivity contribution is 5.94. The van der Waals surface area contributed by atoms with Gasteiger partial charge in [-0.05, 0) is 32.1 Å². The van der Waals surface area contributed by atoms with E-state index >= 15 is 0 Å². The first-order valence-electron chi connectivity index (χ1n) is 8.64. The first-order chi connectivity index (χ1) is 11.3. The fourth-order valence-corrected chi connectivity index (χ4v) is 2.83. The summed E-state index contributed by atoms with van der Waals surface area (Å²) in [7, 11) is 5.21. The van der Waals surface area contributed by atoms with Gasteiger partial charge in [-0.15, -0.1) is 0 Å². The second kappa shape index (κ2) is 8.92. The number of aliphatic hydroxyl groups is 1. The van der Waals surface area contributed by atoms with Crippen LogP contribution in [0.1, 0.15) is 46.0 Å². The molecule has 7 nitrogen and oxygen atoms in total. The predicted molar refractivity (Wildman–Crippen MR) is 93.6 cm³/mol. The number of hydrogen-bond donors (Lipinski definition) is 2. The third-order valence-electron chi connectivity index (χ3n) is 4.85. The third-order valence-corrected chi connectivity index (χ3v) is 4.85. The highest BCUT2D eigenvalue weighted by Gasteiger charge is 2.29. The average molecular weight is 340 g/mol. The number of carbonyl (C=O) groups is 2. The Balaban J connectivity index is 2.59. The Hall–Kier alpha value is -1.76. The second-order valence-corrected chi connectivity index (χ2v) is 6.56. The van der Waals surface area contributed by atoms with Gasteiger partial charge >= 0.3 is 0 Å². The minimum absolute atomic E-state index is 0.104. The molecule has 1 rings (SSSR count). The van der Waals surface area contributed by atoms with Crippen LogP contribution < -0.4 is 5.32 Å². The Bertz CT molecular complexity index is 474. The summed E-state index contributed by atoms with van der Waals surface area (Å²) in [6.45, 7) is 5.12. The lowest BCUT2D eigenvalue weighted by atomic mass is 9.91. The Morgan fingerprint density at radius 3 is 2.50 bits per heavy atom. The molecule has 1 aliphatic rings. The Kier molecular flexibility index (Phi) is 7.54. The molecule has 24 heavy (non-hydrogen) atoms. The molecule has 0 saturated heterocycles. The molecule has 0 fully saturated rings. The molecule has 1 aliphatic heterocycles. The van der Waals surface area contributed by atoms with Crippen LogP contribution in [0.15, 0.2) is 11.5 Å². The summed E-state index contributed by atoms with van der Waals surface area (Å²) in [5, 5.41) is 13.4. The summed E-state index contributed by atoms with van der Waals surface area (Å²) in [6.07, 6.45) is 4.67. The molecule has 0 saturated carbocycles. The second-order valence-electron chi connectivity index (χ2n) is 6.56. The van der Waals surface area contributed by atoms with Gasteiger partial charge in [-0.3, -0.25) is 9.59 Å². The Morgan fingerprint density at radius 2 is 1.96 bits per heavy atom. The summed E-state index contributed by atoms with van der Waals surface area (Å²) < 4.78 is 0. The van der Waals surface area contributed by atoms with E-state index in [2.05, 4.69) is 5.32 Å². The van der Waals surface area contributed by atoms with E-state index in [1.807, 2.05) is 20.9 Å². The minimum atomic E-state index is -0.583. The summed E-state index contributed by atoms with van der Waals surface area (Å²) in [6, 6.07) is 0. The SMILES string of the molecule is CCC(O)(CC)CCCCN(C)C(=O)C1=C(N(C)C=O)NCN1C. The Morgan fingerprint density at radius 1 is 1.33 bits per heavy atom. The molecule has 0 aromatic rings. The van der Waals surface area contributed by atoms with Crippen molar-refractivity contribution >= 4 is 12.3 Å². The number of nitrogens with one attached hydrogen (secondary N) is 1. The van der Waals surface area contributed by atoms with Crippen LogP contribution in [0.5, 0.6) is 0 Å². The van der Waals surface area contributed by atoms with Crippen LogP contribution in [-0.2, 0) is 9.59 Å². The number of likely N-dealkylation sites (N-methyl/N-ethyl adjacent to an activating group) is 2. The van der Waals surface area contributed by atoms with Crippen molar-refractivity contribution in [1.82, 2.24) is 20.0 Å². The van der Waals surface area contributed by atoms with Crippen LogP contribution in [-0.4, -0.2) is 72.1 Å². The molecule has 7 heteroatoms. The molecular weight excluding hydrogens is 308 g/mol. The first-order valence-corrected chi connectivity index (χ1v) is 8.64. The molecular formula is C17H32N4O3. The van der Waals surface area contributed by atoms with Crippen LogP contribution in [0, 0.1) is 0 Å². The first kappa shape index (κ1) is 20.3. The third kappa shape index (κ3) is 4.87. The maximum Gasteiger partial charge on any atom is 0.273 e. The van der Waals surface area contributed by atoms with Gasteiger partial charge in [0.05, 0.1) is 12.3 Å². The molecule has 0 aliphatic carbocycles. The van der Waals surface area contributed by atoms with Crippen LogP contribution in [0.25, 0.3) is 0 Å². The van der Waals surface area contributed by atoms with E-state index in [0.717, 1.165) is 32.1 Å². The smallest absolute Gasteiger partial charge is 0.273 e. The van der Waals surface area contributed by atoms with Crippen molar-refractivity contribution in [2.45, 2.75) is 51.6 Å². The van der Waals surface area contributed by atoms with Gasteiger partial charge in [-0.25, -0.2) is 0 Å². The normalized spacial score (nSPS) is 14.7. The molecule has 0 atom stereocenters. The Labute approximate surface area is 145 Å². The van der Waals surface area contributed by atoms with Crippen molar-refractivity contribution < 1.29 is 14.7 Å². The van der Waals surface area contributed by atoms with Crippen LogP contribution in [0.3, 0.4) is 0 Å². The molecule has 0 radical (unpaired) electrons. The summed E-state index contributed by atoms with van der Waals surface area (Å²) >= 11 is 0. The van der Waals surface area contributed by atoms with Crippen molar-refractivity contribution in [1.29, 1.82) is 0 Å². The van der Waals surface area contributed by atoms with Gasteiger partial charge < -0.3 is 25.1 Å². The van der Waals surface area contributed by atoms with E-state index < -0.39 is 5.60 Å². The van der Waals surface area contributed by atoms with Crippen molar-refractivity contribution in [2.75, 3.05) is 34.4 Å². The molecule has 0 unspecified atom stereocenters. The maximum atomic E-state index is 12.7. The largest absolute Gasteiger partial charge is 0.390 e. The summed E-state index contributed by atoms with van der Waals surface area (Å²) in [4.78, 5) is 28.5. The molecule has 0 bridgehead atoms. The molecule has 0 aromatic carbocycles. The molecule has 2 N–H and O–H groups in total. The topological polar surface area (TPSA) is 76.1 Å². The quantitative estimate of drug-likeness (QED) is 0.457. The zero-order valence-corrected chi connectivity index (χ0v) is 15.6. The number of nitrogens with zero attached hydrogens (tertiary/aromatic N) is 3. The number of carbonyl (C=O) groups excluding carboxylic acids is 2. The van der Waals surface area contributed by atoms with E-state index in [1.165, 1.54) is 4.90 Å². The van der Waals surface area contributed by atoms with Crippen molar-refractivity contribution in [3.05, 3.63) is 11.5 Å². The maximum absolute atomic E-state index is 12.7. The number of hydrogen-bond acceptors (Lipinski definition) is 5. The molecule has 0 aromatic heterocycles. The van der Waals surface area contributed by atoms with Crippen molar-refractivity contribution in [3.8, 4) is 0 Å². The lowest BCUT2D eigenvalue weighted by Gasteiger charge is -2.26. The van der Waals surface area contributed by atoms with E-state index in [-0.39, 0.29) is 5.91 Å². The summed E-state index contributed by atoms with van der Waals surface area (Å²) in [5.74, 6) is 0.433. The zero-order valence-electron chi connectivity index (χ0n) is 15.6. The minimum Gasteiger partial charge on any atom is -0.390 e. The highest BCUT2D eigenvalue weighted by Crippen LogP contribution is 2.22. The standard InChI is InChI=1S/C17H32N4O3/c1-6-17(24,7-2)10-8-9-11-19(3)16(23)14-15(21(5)13-22)18-12-20(14)4/h13,18,24H,6-12H2,1-5H3. The zero-order chi connectivity index (χ0) is 18.3. The van der Waals surface area contributed by atoms with Gasteiger partial charge in [-0.1, -0.05) is 13.8 Å². The van der Waals surface area contributed by atoms with Crippen LogP contribution in [0.2, 0.25) is 0 Å². The fraction of sp³-hybridized carbons (Fsp3) is 0.765. The van der Waals surface area contributed by atoms with Gasteiger partial charge in [-0.2, -0.15) is 0 Å². The van der Waals surface area contributed by atoms with Crippen molar-refractivity contribution in [3.63, 3.8) is 0 Å². The van der Waals surface area contributed by atoms with Crippen LogP contribution in [0.4, 0.5) is 0 Å². The number of rotatable bonds is 10. The van der Waals surface area contributed by atoms with E-state index in [1.54, 1.807) is 23.9 Å². The lowest BCUT2D eigenvalue weighted by Crippen LogP contribution is -2.35.